The Morgan fingerprint density at radius 1 is 1.35 bits per heavy atom. The van der Waals surface area contributed by atoms with Gasteiger partial charge in [-0.2, -0.15) is 5.10 Å². The van der Waals surface area contributed by atoms with E-state index in [-0.39, 0.29) is 5.56 Å². The summed E-state index contributed by atoms with van der Waals surface area (Å²) < 4.78 is 1.68. The second kappa shape index (κ2) is 4.51. The number of aryl methyl sites for hydroxylation is 1. The summed E-state index contributed by atoms with van der Waals surface area (Å²) in [7, 11) is 0. The fourth-order valence-corrected chi connectivity index (χ4v) is 2.92. The second-order valence-electron chi connectivity index (χ2n) is 5.21. The van der Waals surface area contributed by atoms with Gasteiger partial charge in [0.2, 0.25) is 0 Å². The van der Waals surface area contributed by atoms with Crippen LogP contribution >= 0.6 is 0 Å². The third-order valence-corrected chi connectivity index (χ3v) is 3.89. The van der Waals surface area contributed by atoms with Crippen LogP contribution in [-0.4, -0.2) is 16.3 Å². The molecule has 1 aliphatic carbocycles. The number of nitrogens with zero attached hydrogens (tertiary/aromatic N) is 2. The largest absolute Gasteiger partial charge is 0.383 e. The van der Waals surface area contributed by atoms with Crippen molar-refractivity contribution in [2.24, 2.45) is 5.92 Å². The third-order valence-electron chi connectivity index (χ3n) is 3.89. The molecule has 1 N–H and O–H groups in total. The number of fused-ring (bicyclic) bond motifs is 1. The van der Waals surface area contributed by atoms with Crippen LogP contribution in [0.5, 0.6) is 0 Å². The zero-order valence-electron chi connectivity index (χ0n) is 10.1. The van der Waals surface area contributed by atoms with Crippen LogP contribution in [0, 0.1) is 5.92 Å². The van der Waals surface area contributed by atoms with Gasteiger partial charge in [0.15, 0.2) is 0 Å². The van der Waals surface area contributed by atoms with Crippen LogP contribution in [0.25, 0.3) is 0 Å². The molecule has 2 heterocycles. The van der Waals surface area contributed by atoms with Gasteiger partial charge in [0.1, 0.15) is 0 Å². The van der Waals surface area contributed by atoms with E-state index in [9.17, 15) is 4.79 Å². The Balaban J connectivity index is 1.85. The molecule has 0 aromatic carbocycles. The zero-order valence-corrected chi connectivity index (χ0v) is 10.1. The van der Waals surface area contributed by atoms with E-state index in [0.717, 1.165) is 37.3 Å². The first-order chi connectivity index (χ1) is 8.33. The lowest BCUT2D eigenvalue weighted by Gasteiger charge is -2.18. The number of rotatable bonds is 2. The van der Waals surface area contributed by atoms with Crippen LogP contribution in [0.3, 0.4) is 0 Å². The van der Waals surface area contributed by atoms with Crippen molar-refractivity contribution in [2.45, 2.75) is 45.1 Å². The maximum atomic E-state index is 11.9. The van der Waals surface area contributed by atoms with Gasteiger partial charge in [-0.1, -0.05) is 12.8 Å². The standard InChI is InChI=1S/C13H19N3O/c17-13-8-12-11(6-3-7-14-12)15-16(13)9-10-4-1-2-5-10/h8,10,14H,1-7,9H2. The van der Waals surface area contributed by atoms with Crippen LogP contribution in [0.4, 0.5) is 5.69 Å². The lowest BCUT2D eigenvalue weighted by Crippen LogP contribution is -2.29. The van der Waals surface area contributed by atoms with Crippen molar-refractivity contribution >= 4 is 5.69 Å². The van der Waals surface area contributed by atoms with Gasteiger partial charge in [0, 0.05) is 19.2 Å². The van der Waals surface area contributed by atoms with Crippen molar-refractivity contribution in [2.75, 3.05) is 11.9 Å². The smallest absolute Gasteiger partial charge is 0.268 e. The average molecular weight is 233 g/mol. The van der Waals surface area contributed by atoms with Gasteiger partial charge in [-0.15, -0.1) is 0 Å². The topological polar surface area (TPSA) is 46.9 Å². The molecule has 1 aromatic heterocycles. The number of nitrogens with one attached hydrogen (secondary N) is 1. The number of aromatic nitrogens is 2. The fourth-order valence-electron chi connectivity index (χ4n) is 2.92. The molecule has 0 amide bonds. The first-order valence-electron chi connectivity index (χ1n) is 6.68. The summed E-state index contributed by atoms with van der Waals surface area (Å²) in [4.78, 5) is 11.9. The quantitative estimate of drug-likeness (QED) is 0.847. The molecule has 17 heavy (non-hydrogen) atoms. The van der Waals surface area contributed by atoms with E-state index in [4.69, 9.17) is 0 Å². The highest BCUT2D eigenvalue weighted by atomic mass is 16.1. The van der Waals surface area contributed by atoms with E-state index >= 15 is 0 Å². The number of hydrogen-bond acceptors (Lipinski definition) is 3. The highest BCUT2D eigenvalue weighted by Gasteiger charge is 2.18. The Labute approximate surface area is 101 Å². The Morgan fingerprint density at radius 2 is 2.18 bits per heavy atom. The lowest BCUT2D eigenvalue weighted by atomic mass is 10.1. The summed E-state index contributed by atoms with van der Waals surface area (Å²) in [5.74, 6) is 0.662. The Hall–Kier alpha value is -1.32. The van der Waals surface area contributed by atoms with Crippen molar-refractivity contribution in [1.29, 1.82) is 0 Å². The van der Waals surface area contributed by atoms with Crippen LogP contribution < -0.4 is 10.9 Å². The predicted octanol–water partition coefficient (Wildman–Crippen LogP) is 1.79. The van der Waals surface area contributed by atoms with Gasteiger partial charge in [-0.25, -0.2) is 4.68 Å². The zero-order chi connectivity index (χ0) is 11.7. The molecule has 0 bridgehead atoms. The van der Waals surface area contributed by atoms with Gasteiger partial charge in [-0.05, 0) is 31.6 Å². The van der Waals surface area contributed by atoms with Crippen LogP contribution in [0.2, 0.25) is 0 Å². The molecule has 2 aliphatic rings. The molecule has 3 rings (SSSR count). The monoisotopic (exact) mass is 233 g/mol. The van der Waals surface area contributed by atoms with Gasteiger partial charge in [0.05, 0.1) is 11.4 Å². The molecule has 1 aromatic rings. The first kappa shape index (κ1) is 10.8. The Morgan fingerprint density at radius 3 is 3.00 bits per heavy atom. The van der Waals surface area contributed by atoms with Gasteiger partial charge >= 0.3 is 0 Å². The van der Waals surface area contributed by atoms with Crippen LogP contribution in [-0.2, 0) is 13.0 Å². The maximum Gasteiger partial charge on any atom is 0.268 e. The van der Waals surface area contributed by atoms with Gasteiger partial charge < -0.3 is 5.32 Å². The predicted molar refractivity (Wildman–Crippen MR) is 67.3 cm³/mol. The third kappa shape index (κ3) is 2.21. The van der Waals surface area contributed by atoms with Crippen molar-refractivity contribution < 1.29 is 0 Å². The normalized spacial score (nSPS) is 20.0. The second-order valence-corrected chi connectivity index (χ2v) is 5.21. The molecule has 0 saturated heterocycles. The molecule has 4 heteroatoms. The summed E-state index contributed by atoms with van der Waals surface area (Å²) in [6, 6.07) is 1.72. The molecule has 1 saturated carbocycles. The van der Waals surface area contributed by atoms with E-state index in [0.29, 0.717) is 5.92 Å². The minimum Gasteiger partial charge on any atom is -0.383 e. The molecule has 1 aliphatic heterocycles. The summed E-state index contributed by atoms with van der Waals surface area (Å²) in [5, 5.41) is 7.77. The van der Waals surface area contributed by atoms with E-state index in [1.165, 1.54) is 25.7 Å². The molecule has 4 nitrogen and oxygen atoms in total. The molecular weight excluding hydrogens is 214 g/mol. The lowest BCUT2D eigenvalue weighted by molar-refractivity contribution is 0.410. The van der Waals surface area contributed by atoms with E-state index in [1.54, 1.807) is 10.7 Å². The Bertz CT molecular complexity index is 460. The molecule has 0 atom stereocenters. The Kier molecular flexibility index (Phi) is 2.87. The molecule has 1 fully saturated rings. The molecule has 0 spiro atoms. The van der Waals surface area contributed by atoms with Crippen molar-refractivity contribution in [1.82, 2.24) is 9.78 Å². The van der Waals surface area contributed by atoms with Gasteiger partial charge in [-0.3, -0.25) is 4.79 Å². The van der Waals surface area contributed by atoms with Gasteiger partial charge in [0.25, 0.3) is 5.56 Å². The number of anilines is 1. The summed E-state index contributed by atoms with van der Waals surface area (Å²) in [5.41, 5.74) is 2.06. The molecule has 92 valence electrons. The molecular formula is C13H19N3O. The summed E-state index contributed by atoms with van der Waals surface area (Å²) in [6.45, 7) is 1.77. The summed E-state index contributed by atoms with van der Waals surface area (Å²) in [6.07, 6.45) is 7.24. The first-order valence-corrected chi connectivity index (χ1v) is 6.68. The average Bonchev–Trinajstić information content (AvgIpc) is 2.83. The van der Waals surface area contributed by atoms with Crippen molar-refractivity contribution in [3.63, 3.8) is 0 Å². The summed E-state index contributed by atoms with van der Waals surface area (Å²) >= 11 is 0. The molecule has 0 radical (unpaired) electrons. The minimum atomic E-state index is 0.0463. The number of hydrogen-bond donors (Lipinski definition) is 1. The van der Waals surface area contributed by atoms with Crippen molar-refractivity contribution in [3.8, 4) is 0 Å². The molecule has 0 unspecified atom stereocenters. The maximum absolute atomic E-state index is 11.9. The van der Waals surface area contributed by atoms with Crippen molar-refractivity contribution in [3.05, 3.63) is 22.1 Å². The highest BCUT2D eigenvalue weighted by Crippen LogP contribution is 2.26. The fraction of sp³-hybridized carbons (Fsp3) is 0.692. The van der Waals surface area contributed by atoms with E-state index in [2.05, 4.69) is 10.4 Å². The minimum absolute atomic E-state index is 0.0463. The van der Waals surface area contributed by atoms with E-state index < -0.39 is 0 Å². The van der Waals surface area contributed by atoms with E-state index in [1.807, 2.05) is 0 Å². The van der Waals surface area contributed by atoms with Crippen LogP contribution in [0.15, 0.2) is 10.9 Å². The van der Waals surface area contributed by atoms with Crippen LogP contribution in [0.1, 0.15) is 37.8 Å². The SMILES string of the molecule is O=c1cc2c(nn1CC1CCCC1)CCCN2. The highest BCUT2D eigenvalue weighted by molar-refractivity contribution is 5.48.